The van der Waals surface area contributed by atoms with Crippen molar-refractivity contribution in [2.45, 2.75) is 18.9 Å². The van der Waals surface area contributed by atoms with Gasteiger partial charge in [0.1, 0.15) is 0 Å². The maximum atomic E-state index is 5.34. The maximum absolute atomic E-state index is 5.34. The Kier molecular flexibility index (Phi) is 5.15. The first kappa shape index (κ1) is 11.7. The fourth-order valence-corrected chi connectivity index (χ4v) is 1.91. The third-order valence-corrected chi connectivity index (χ3v) is 2.71. The van der Waals surface area contributed by atoms with Crippen LogP contribution in [0.1, 0.15) is 12.8 Å². The topological polar surface area (TPSA) is 24.5 Å². The lowest BCUT2D eigenvalue weighted by Crippen LogP contribution is -2.38. The highest BCUT2D eigenvalue weighted by molar-refractivity contribution is 4.99. The van der Waals surface area contributed by atoms with Crippen molar-refractivity contribution in [3.05, 3.63) is 12.2 Å². The fraction of sp³-hybridized carbons (Fsp3) is 0.818. The van der Waals surface area contributed by atoms with Crippen LogP contribution in [-0.2, 0) is 4.74 Å². The van der Waals surface area contributed by atoms with Crippen molar-refractivity contribution in [2.75, 3.05) is 40.4 Å². The lowest BCUT2D eigenvalue weighted by molar-refractivity contribution is 0.0457. The Labute approximate surface area is 87.1 Å². The molecular formula is C11H22N2O. The third-order valence-electron chi connectivity index (χ3n) is 2.71. The van der Waals surface area contributed by atoms with Gasteiger partial charge in [0, 0.05) is 32.3 Å². The van der Waals surface area contributed by atoms with Crippen LogP contribution in [0.2, 0.25) is 0 Å². The summed E-state index contributed by atoms with van der Waals surface area (Å²) in [7, 11) is 4.14. The van der Waals surface area contributed by atoms with Gasteiger partial charge in [0.15, 0.2) is 0 Å². The Hall–Kier alpha value is -0.380. The molecular weight excluding hydrogens is 176 g/mol. The summed E-state index contributed by atoms with van der Waals surface area (Å²) in [5.41, 5.74) is 1.25. The van der Waals surface area contributed by atoms with Crippen molar-refractivity contribution in [1.82, 2.24) is 10.2 Å². The van der Waals surface area contributed by atoms with Crippen LogP contribution in [0.25, 0.3) is 0 Å². The van der Waals surface area contributed by atoms with E-state index in [1.807, 2.05) is 7.05 Å². The Morgan fingerprint density at radius 3 is 2.71 bits per heavy atom. The SMILES string of the molecule is C=C(CNC)CN(C)C1CCOCC1. The quantitative estimate of drug-likeness (QED) is 0.664. The Balaban J connectivity index is 2.25. The highest BCUT2D eigenvalue weighted by Gasteiger charge is 2.18. The molecule has 0 aromatic carbocycles. The number of hydrogen-bond acceptors (Lipinski definition) is 3. The van der Waals surface area contributed by atoms with Gasteiger partial charge in [-0.2, -0.15) is 0 Å². The molecule has 0 aromatic rings. The number of nitrogens with one attached hydrogen (secondary N) is 1. The fourth-order valence-electron chi connectivity index (χ4n) is 1.91. The van der Waals surface area contributed by atoms with Crippen molar-refractivity contribution in [1.29, 1.82) is 0 Å². The number of hydrogen-bond donors (Lipinski definition) is 1. The third kappa shape index (κ3) is 3.78. The van der Waals surface area contributed by atoms with Crippen LogP contribution in [0.5, 0.6) is 0 Å². The predicted molar refractivity (Wildman–Crippen MR) is 59.5 cm³/mol. The van der Waals surface area contributed by atoms with Crippen molar-refractivity contribution in [2.24, 2.45) is 0 Å². The summed E-state index contributed by atoms with van der Waals surface area (Å²) in [5, 5.41) is 3.12. The minimum absolute atomic E-state index is 0.678. The molecule has 0 atom stereocenters. The van der Waals surface area contributed by atoms with Gasteiger partial charge in [-0.3, -0.25) is 4.90 Å². The molecule has 14 heavy (non-hydrogen) atoms. The van der Waals surface area contributed by atoms with Gasteiger partial charge in [0.05, 0.1) is 0 Å². The van der Waals surface area contributed by atoms with Crippen molar-refractivity contribution in [3.63, 3.8) is 0 Å². The van der Waals surface area contributed by atoms with Gasteiger partial charge in [0.25, 0.3) is 0 Å². The van der Waals surface area contributed by atoms with Gasteiger partial charge < -0.3 is 10.1 Å². The zero-order valence-electron chi connectivity index (χ0n) is 9.38. The highest BCUT2D eigenvalue weighted by Crippen LogP contribution is 2.13. The largest absolute Gasteiger partial charge is 0.381 e. The number of ether oxygens (including phenoxy) is 1. The van der Waals surface area contributed by atoms with Crippen molar-refractivity contribution in [3.8, 4) is 0 Å². The zero-order valence-corrected chi connectivity index (χ0v) is 9.38. The van der Waals surface area contributed by atoms with E-state index in [9.17, 15) is 0 Å². The van der Waals surface area contributed by atoms with Crippen LogP contribution in [0, 0.1) is 0 Å². The van der Waals surface area contributed by atoms with Gasteiger partial charge in [-0.15, -0.1) is 0 Å². The summed E-state index contributed by atoms with van der Waals surface area (Å²) in [6.45, 7) is 7.77. The van der Waals surface area contributed by atoms with Crippen LogP contribution < -0.4 is 5.32 Å². The molecule has 1 heterocycles. The first-order valence-corrected chi connectivity index (χ1v) is 5.33. The van der Waals surface area contributed by atoms with Gasteiger partial charge in [-0.25, -0.2) is 0 Å². The molecule has 0 aromatic heterocycles. The molecule has 3 heteroatoms. The van der Waals surface area contributed by atoms with Crippen LogP contribution in [0.15, 0.2) is 12.2 Å². The smallest absolute Gasteiger partial charge is 0.0480 e. The minimum atomic E-state index is 0.678. The first-order chi connectivity index (χ1) is 6.74. The standard InChI is InChI=1S/C11H22N2O/c1-10(8-12-2)9-13(3)11-4-6-14-7-5-11/h11-12H,1,4-9H2,2-3H3. The van der Waals surface area contributed by atoms with Crippen LogP contribution in [-0.4, -0.2) is 51.3 Å². The monoisotopic (exact) mass is 198 g/mol. The van der Waals surface area contributed by atoms with Gasteiger partial charge in [0.2, 0.25) is 0 Å². The molecule has 1 fully saturated rings. The van der Waals surface area contributed by atoms with Crippen molar-refractivity contribution >= 4 is 0 Å². The zero-order chi connectivity index (χ0) is 10.4. The number of rotatable bonds is 5. The molecule has 1 N–H and O–H groups in total. The van der Waals surface area contributed by atoms with Gasteiger partial charge in [-0.1, -0.05) is 6.58 Å². The molecule has 1 aliphatic rings. The molecule has 1 aliphatic heterocycles. The van der Waals surface area contributed by atoms with E-state index < -0.39 is 0 Å². The molecule has 0 radical (unpaired) electrons. The summed E-state index contributed by atoms with van der Waals surface area (Å²) in [6, 6.07) is 0.678. The second-order valence-corrected chi connectivity index (χ2v) is 4.04. The van der Waals surface area contributed by atoms with Crippen LogP contribution >= 0.6 is 0 Å². The lowest BCUT2D eigenvalue weighted by atomic mass is 10.1. The second kappa shape index (κ2) is 6.17. The predicted octanol–water partition coefficient (Wildman–Crippen LogP) is 0.873. The normalized spacial score (nSPS) is 18.8. The van der Waals surface area contributed by atoms with Gasteiger partial charge in [-0.05, 0) is 32.5 Å². The molecule has 0 unspecified atom stereocenters. The van der Waals surface area contributed by atoms with E-state index in [1.54, 1.807) is 0 Å². The van der Waals surface area contributed by atoms with E-state index in [4.69, 9.17) is 4.74 Å². The summed E-state index contributed by atoms with van der Waals surface area (Å²) in [4.78, 5) is 2.39. The summed E-state index contributed by atoms with van der Waals surface area (Å²) in [6.07, 6.45) is 2.31. The van der Waals surface area contributed by atoms with E-state index in [1.165, 1.54) is 5.57 Å². The summed E-state index contributed by atoms with van der Waals surface area (Å²) in [5.74, 6) is 0. The molecule has 0 spiro atoms. The molecule has 1 saturated heterocycles. The molecule has 82 valence electrons. The number of likely N-dealkylation sites (N-methyl/N-ethyl adjacent to an activating group) is 2. The van der Waals surface area contributed by atoms with E-state index in [0.29, 0.717) is 6.04 Å². The van der Waals surface area contributed by atoms with Gasteiger partial charge >= 0.3 is 0 Å². The second-order valence-electron chi connectivity index (χ2n) is 4.04. The highest BCUT2D eigenvalue weighted by atomic mass is 16.5. The summed E-state index contributed by atoms with van der Waals surface area (Å²) < 4.78 is 5.34. The Morgan fingerprint density at radius 1 is 1.50 bits per heavy atom. The molecule has 0 amide bonds. The van der Waals surface area contributed by atoms with E-state index in [2.05, 4.69) is 23.8 Å². The summed E-state index contributed by atoms with van der Waals surface area (Å²) >= 11 is 0. The molecule has 0 saturated carbocycles. The molecule has 3 nitrogen and oxygen atoms in total. The molecule has 0 aliphatic carbocycles. The van der Waals surface area contributed by atoms with E-state index in [-0.39, 0.29) is 0 Å². The Bertz CT molecular complexity index is 176. The lowest BCUT2D eigenvalue weighted by Gasteiger charge is -2.31. The maximum Gasteiger partial charge on any atom is 0.0480 e. The van der Waals surface area contributed by atoms with Crippen LogP contribution in [0.3, 0.4) is 0 Å². The minimum Gasteiger partial charge on any atom is -0.381 e. The Morgan fingerprint density at radius 2 is 2.14 bits per heavy atom. The molecule has 1 rings (SSSR count). The number of nitrogens with zero attached hydrogens (tertiary/aromatic N) is 1. The average molecular weight is 198 g/mol. The van der Waals surface area contributed by atoms with E-state index >= 15 is 0 Å². The van der Waals surface area contributed by atoms with Crippen molar-refractivity contribution < 1.29 is 4.74 Å². The van der Waals surface area contributed by atoms with Crippen LogP contribution in [0.4, 0.5) is 0 Å². The first-order valence-electron chi connectivity index (χ1n) is 5.33. The van der Waals surface area contributed by atoms with E-state index in [0.717, 1.165) is 39.1 Å². The average Bonchev–Trinajstić information content (AvgIpc) is 2.19. The molecule has 0 bridgehead atoms.